The minimum atomic E-state index is -1.68. The monoisotopic (exact) mass is 150 g/mol. The molecule has 0 heterocycles. The van der Waals surface area contributed by atoms with E-state index in [-0.39, 0.29) is 0 Å². The molecule has 1 unspecified atom stereocenters. The van der Waals surface area contributed by atoms with Crippen LogP contribution >= 0.6 is 8.03 Å². The average Bonchev–Trinajstić information content (AvgIpc) is 1.63. The molecular weight excluding hydrogens is 135 g/mol. The zero-order chi connectivity index (χ0) is 7.28. The van der Waals surface area contributed by atoms with Crippen LogP contribution in [-0.2, 0) is 9.09 Å². The van der Waals surface area contributed by atoms with Gasteiger partial charge in [-0.1, -0.05) is 13.8 Å². The maximum atomic E-state index is 10.4. The van der Waals surface area contributed by atoms with Gasteiger partial charge in [0.2, 0.25) is 0 Å². The number of rotatable bonds is 4. The second-order valence-electron chi connectivity index (χ2n) is 2.52. The molecule has 2 nitrogen and oxygen atoms in total. The molecule has 0 N–H and O–H groups in total. The molecular formula is C6H15O2P. The molecule has 9 heavy (non-hydrogen) atoms. The Hall–Kier alpha value is 0.190. The van der Waals surface area contributed by atoms with Crippen LogP contribution in [0.4, 0.5) is 0 Å². The third-order valence-corrected chi connectivity index (χ3v) is 1.61. The smallest absolute Gasteiger partial charge is 0.188 e. The molecule has 0 spiro atoms. The number of hydrogen-bond donors (Lipinski definition) is 0. The van der Waals surface area contributed by atoms with Crippen LogP contribution in [0.1, 0.15) is 20.3 Å². The SMILES string of the molecule is CC(C)CCO[PH](C)=O. The third-order valence-electron chi connectivity index (χ3n) is 1.00. The zero-order valence-corrected chi connectivity index (χ0v) is 7.31. The van der Waals surface area contributed by atoms with Crippen LogP contribution < -0.4 is 0 Å². The van der Waals surface area contributed by atoms with Crippen molar-refractivity contribution in [2.75, 3.05) is 13.3 Å². The van der Waals surface area contributed by atoms with E-state index < -0.39 is 8.03 Å². The van der Waals surface area contributed by atoms with Crippen LogP contribution in [0.2, 0.25) is 0 Å². The Balaban J connectivity index is 3.01. The van der Waals surface area contributed by atoms with E-state index in [2.05, 4.69) is 13.8 Å². The van der Waals surface area contributed by atoms with E-state index >= 15 is 0 Å². The summed E-state index contributed by atoms with van der Waals surface area (Å²) in [5.41, 5.74) is 0. The van der Waals surface area contributed by atoms with Gasteiger partial charge < -0.3 is 4.52 Å². The summed E-state index contributed by atoms with van der Waals surface area (Å²) in [7, 11) is -1.68. The normalized spacial score (nSPS) is 14.2. The predicted molar refractivity (Wildman–Crippen MR) is 40.3 cm³/mol. The van der Waals surface area contributed by atoms with Crippen molar-refractivity contribution in [3.8, 4) is 0 Å². The van der Waals surface area contributed by atoms with Crippen LogP contribution in [0.5, 0.6) is 0 Å². The largest absolute Gasteiger partial charge is 0.331 e. The first-order chi connectivity index (χ1) is 4.13. The van der Waals surface area contributed by atoms with Gasteiger partial charge in [-0.15, -0.1) is 0 Å². The molecule has 0 radical (unpaired) electrons. The molecule has 0 aliphatic rings. The molecule has 0 aromatic carbocycles. The van der Waals surface area contributed by atoms with Gasteiger partial charge in [0.25, 0.3) is 0 Å². The van der Waals surface area contributed by atoms with Gasteiger partial charge in [0.05, 0.1) is 6.61 Å². The third kappa shape index (κ3) is 8.19. The average molecular weight is 150 g/mol. The van der Waals surface area contributed by atoms with Gasteiger partial charge in [-0.25, -0.2) is 0 Å². The molecule has 0 aromatic heterocycles. The fraction of sp³-hybridized carbons (Fsp3) is 1.00. The lowest BCUT2D eigenvalue weighted by Crippen LogP contribution is -1.92. The lowest BCUT2D eigenvalue weighted by atomic mass is 10.2. The topological polar surface area (TPSA) is 26.3 Å². The zero-order valence-electron chi connectivity index (χ0n) is 6.31. The van der Waals surface area contributed by atoms with Crippen molar-refractivity contribution in [1.82, 2.24) is 0 Å². The summed E-state index contributed by atoms with van der Waals surface area (Å²) in [4.78, 5) is 0. The second-order valence-corrected chi connectivity index (χ2v) is 3.79. The Morgan fingerprint density at radius 3 is 2.44 bits per heavy atom. The second kappa shape index (κ2) is 5.01. The van der Waals surface area contributed by atoms with E-state index in [0.717, 1.165) is 6.42 Å². The van der Waals surface area contributed by atoms with Gasteiger partial charge in [-0.2, -0.15) is 0 Å². The minimum absolute atomic E-state index is 0.645. The van der Waals surface area contributed by atoms with E-state index in [1.807, 2.05) is 0 Å². The molecule has 0 aromatic rings. The van der Waals surface area contributed by atoms with Gasteiger partial charge in [0.15, 0.2) is 8.03 Å². The Morgan fingerprint density at radius 2 is 2.11 bits per heavy atom. The van der Waals surface area contributed by atoms with E-state index in [9.17, 15) is 4.57 Å². The summed E-state index contributed by atoms with van der Waals surface area (Å²) in [5, 5.41) is 0. The molecule has 56 valence electrons. The maximum absolute atomic E-state index is 10.4. The molecule has 0 fully saturated rings. The summed E-state index contributed by atoms with van der Waals surface area (Å²) in [6.45, 7) is 6.50. The van der Waals surface area contributed by atoms with Crippen molar-refractivity contribution in [2.24, 2.45) is 5.92 Å². The van der Waals surface area contributed by atoms with Gasteiger partial charge in [-0.05, 0) is 12.3 Å². The molecule has 1 atom stereocenters. The van der Waals surface area contributed by atoms with Gasteiger partial charge >= 0.3 is 0 Å². The highest BCUT2D eigenvalue weighted by atomic mass is 31.1. The van der Waals surface area contributed by atoms with E-state index in [1.165, 1.54) is 0 Å². The first-order valence-corrected chi connectivity index (χ1v) is 5.08. The van der Waals surface area contributed by atoms with E-state index in [1.54, 1.807) is 6.66 Å². The van der Waals surface area contributed by atoms with Crippen LogP contribution in [0.3, 0.4) is 0 Å². The Labute approximate surface area is 57.5 Å². The highest BCUT2D eigenvalue weighted by molar-refractivity contribution is 7.38. The van der Waals surface area contributed by atoms with Crippen molar-refractivity contribution in [3.05, 3.63) is 0 Å². The van der Waals surface area contributed by atoms with Crippen molar-refractivity contribution in [3.63, 3.8) is 0 Å². The number of hydrogen-bond acceptors (Lipinski definition) is 2. The van der Waals surface area contributed by atoms with Crippen LogP contribution in [0.25, 0.3) is 0 Å². The Kier molecular flexibility index (Phi) is 5.12. The summed E-state index contributed by atoms with van der Waals surface area (Å²) in [5.74, 6) is 0.645. The molecule has 0 aliphatic heterocycles. The molecule has 0 amide bonds. The van der Waals surface area contributed by atoms with Gasteiger partial charge in [0, 0.05) is 6.66 Å². The minimum Gasteiger partial charge on any atom is -0.331 e. The van der Waals surface area contributed by atoms with Gasteiger partial charge in [-0.3, -0.25) is 4.57 Å². The van der Waals surface area contributed by atoms with Crippen LogP contribution in [0, 0.1) is 5.92 Å². The summed E-state index contributed by atoms with van der Waals surface area (Å²) in [6, 6.07) is 0. The Morgan fingerprint density at radius 1 is 1.56 bits per heavy atom. The van der Waals surface area contributed by atoms with Crippen molar-refractivity contribution in [2.45, 2.75) is 20.3 Å². The quantitative estimate of drug-likeness (QED) is 0.574. The van der Waals surface area contributed by atoms with Crippen LogP contribution in [-0.4, -0.2) is 13.3 Å². The van der Waals surface area contributed by atoms with E-state index in [0.29, 0.717) is 12.5 Å². The molecule has 0 saturated heterocycles. The summed E-state index contributed by atoms with van der Waals surface area (Å²) < 4.78 is 15.3. The van der Waals surface area contributed by atoms with Crippen molar-refractivity contribution >= 4 is 8.03 Å². The Bertz CT molecular complexity index is 91.1. The highest BCUT2D eigenvalue weighted by Gasteiger charge is 1.93. The highest BCUT2D eigenvalue weighted by Crippen LogP contribution is 2.16. The molecule has 0 rings (SSSR count). The summed E-state index contributed by atoms with van der Waals surface area (Å²) in [6.07, 6.45) is 1.00. The van der Waals surface area contributed by atoms with Gasteiger partial charge in [0.1, 0.15) is 0 Å². The van der Waals surface area contributed by atoms with Crippen molar-refractivity contribution in [1.29, 1.82) is 0 Å². The first-order valence-electron chi connectivity index (χ1n) is 3.26. The standard InChI is InChI=1S/C6H15O2P/c1-6(2)4-5-8-9(3)7/h6,9H,4-5H2,1-3H3. The predicted octanol–water partition coefficient (Wildman–Crippen LogP) is 2.15. The maximum Gasteiger partial charge on any atom is 0.188 e. The fourth-order valence-electron chi connectivity index (χ4n) is 0.438. The fourth-order valence-corrected chi connectivity index (χ4v) is 0.844. The lowest BCUT2D eigenvalue weighted by molar-refractivity contribution is 0.303. The molecule has 3 heteroatoms. The van der Waals surface area contributed by atoms with Crippen LogP contribution in [0.15, 0.2) is 0 Å². The lowest BCUT2D eigenvalue weighted by Gasteiger charge is -2.02. The molecule has 0 bridgehead atoms. The summed E-state index contributed by atoms with van der Waals surface area (Å²) >= 11 is 0. The van der Waals surface area contributed by atoms with E-state index in [4.69, 9.17) is 4.52 Å². The molecule has 0 saturated carbocycles. The first kappa shape index (κ1) is 9.19. The van der Waals surface area contributed by atoms with Crippen molar-refractivity contribution < 1.29 is 9.09 Å². The molecule has 0 aliphatic carbocycles.